The van der Waals surface area contributed by atoms with Gasteiger partial charge in [0.2, 0.25) is 0 Å². The summed E-state index contributed by atoms with van der Waals surface area (Å²) in [6.07, 6.45) is 7.20. The zero-order valence-electron chi connectivity index (χ0n) is 12.8. The molecule has 4 heteroatoms. The summed E-state index contributed by atoms with van der Waals surface area (Å²) in [4.78, 5) is 2.45. The number of rotatable bonds is 6. The second-order valence-corrected chi connectivity index (χ2v) is 7.24. The smallest absolute Gasteiger partial charge is 0.122 e. The highest BCUT2D eigenvalue weighted by Crippen LogP contribution is 2.42. The van der Waals surface area contributed by atoms with Crippen LogP contribution < -0.4 is 5.32 Å². The molecule has 1 heterocycles. The molecular formula is C16H27N3O. The summed E-state index contributed by atoms with van der Waals surface area (Å²) in [5.41, 5.74) is -0.351. The average molecular weight is 277 g/mol. The van der Waals surface area contributed by atoms with Gasteiger partial charge in [0.1, 0.15) is 5.54 Å². The van der Waals surface area contributed by atoms with Crippen molar-refractivity contribution in [2.75, 3.05) is 26.7 Å². The zero-order valence-corrected chi connectivity index (χ0v) is 12.8. The summed E-state index contributed by atoms with van der Waals surface area (Å²) < 4.78 is 5.68. The normalized spacial score (nSPS) is 34.5. The molecule has 112 valence electrons. The molecule has 0 aromatic rings. The van der Waals surface area contributed by atoms with E-state index in [1.54, 1.807) is 0 Å². The number of nitrogens with zero attached hydrogens (tertiary/aromatic N) is 2. The number of nitrogens with one attached hydrogen (secondary N) is 1. The molecule has 2 unspecified atom stereocenters. The second-order valence-electron chi connectivity index (χ2n) is 7.24. The Bertz CT molecular complexity index is 399. The number of ether oxygens (including phenoxy) is 1. The molecule has 4 nitrogen and oxygen atoms in total. The molecule has 1 aliphatic heterocycles. The van der Waals surface area contributed by atoms with Gasteiger partial charge in [-0.05, 0) is 57.9 Å². The van der Waals surface area contributed by atoms with E-state index in [0.29, 0.717) is 12.0 Å². The van der Waals surface area contributed by atoms with Gasteiger partial charge in [0.15, 0.2) is 0 Å². The van der Waals surface area contributed by atoms with Crippen LogP contribution in [0.4, 0.5) is 0 Å². The van der Waals surface area contributed by atoms with Gasteiger partial charge in [0.05, 0.1) is 11.7 Å². The van der Waals surface area contributed by atoms with Crippen molar-refractivity contribution >= 4 is 0 Å². The van der Waals surface area contributed by atoms with Crippen LogP contribution in [0.15, 0.2) is 0 Å². The van der Waals surface area contributed by atoms with Crippen molar-refractivity contribution in [1.29, 1.82) is 5.26 Å². The molecule has 0 aromatic carbocycles. The summed E-state index contributed by atoms with van der Waals surface area (Å²) in [6.45, 7) is 5.11. The summed E-state index contributed by atoms with van der Waals surface area (Å²) >= 11 is 0. The average Bonchev–Trinajstić information content (AvgIpc) is 3.30. The molecular weight excluding hydrogens is 250 g/mol. The summed E-state index contributed by atoms with van der Waals surface area (Å²) in [6, 6.07) is 3.24. The molecule has 1 N–H and O–H groups in total. The highest BCUT2D eigenvalue weighted by atomic mass is 16.5. The topological polar surface area (TPSA) is 48.3 Å². The zero-order chi connectivity index (χ0) is 14.2. The maximum Gasteiger partial charge on any atom is 0.122 e. The standard InChI is InChI=1S/C16H27N3O/c1-15(20-2)8-3-9-19(11-15)12-16(10-17,13-4-5-13)18-14-6-7-14/h13-14,18H,3-9,11-12H2,1-2H3. The molecule has 1 saturated heterocycles. The van der Waals surface area contributed by atoms with Crippen LogP contribution in [0.25, 0.3) is 0 Å². The first-order valence-electron chi connectivity index (χ1n) is 8.06. The van der Waals surface area contributed by atoms with Gasteiger partial charge in [0, 0.05) is 26.2 Å². The van der Waals surface area contributed by atoms with Crippen molar-refractivity contribution < 1.29 is 4.74 Å². The number of hydrogen-bond acceptors (Lipinski definition) is 4. The fourth-order valence-electron chi connectivity index (χ4n) is 3.58. The van der Waals surface area contributed by atoms with Crippen molar-refractivity contribution in [3.05, 3.63) is 0 Å². The minimum Gasteiger partial charge on any atom is -0.377 e. The third-order valence-electron chi connectivity index (χ3n) is 5.22. The van der Waals surface area contributed by atoms with Gasteiger partial charge in [-0.25, -0.2) is 0 Å². The van der Waals surface area contributed by atoms with Gasteiger partial charge in [-0.3, -0.25) is 10.2 Å². The first-order valence-corrected chi connectivity index (χ1v) is 8.06. The lowest BCUT2D eigenvalue weighted by Crippen LogP contribution is -2.58. The molecule has 3 rings (SSSR count). The van der Waals surface area contributed by atoms with E-state index in [1.807, 2.05) is 7.11 Å². The third-order valence-corrected chi connectivity index (χ3v) is 5.22. The molecule has 0 aromatic heterocycles. The Morgan fingerprint density at radius 2 is 2.15 bits per heavy atom. The van der Waals surface area contributed by atoms with E-state index in [1.165, 1.54) is 32.1 Å². The molecule has 0 amide bonds. The van der Waals surface area contributed by atoms with Crippen LogP contribution in [0.3, 0.4) is 0 Å². The molecule has 2 aliphatic carbocycles. The third kappa shape index (κ3) is 3.00. The molecule has 20 heavy (non-hydrogen) atoms. The number of piperidine rings is 1. The fourth-order valence-corrected chi connectivity index (χ4v) is 3.58. The summed E-state index contributed by atoms with van der Waals surface area (Å²) in [7, 11) is 1.81. The van der Waals surface area contributed by atoms with Crippen LogP contribution >= 0.6 is 0 Å². The predicted octanol–water partition coefficient (Wildman–Crippen LogP) is 1.91. The SMILES string of the molecule is COC1(C)CCCN(CC(C#N)(NC2CC2)C2CC2)C1. The molecule has 0 bridgehead atoms. The Hall–Kier alpha value is -0.630. The van der Waals surface area contributed by atoms with Gasteiger partial charge in [-0.1, -0.05) is 0 Å². The lowest BCUT2D eigenvalue weighted by Gasteiger charge is -2.43. The highest BCUT2D eigenvalue weighted by molar-refractivity contribution is 5.19. The minimum absolute atomic E-state index is 0.0391. The van der Waals surface area contributed by atoms with E-state index < -0.39 is 0 Å². The van der Waals surface area contributed by atoms with Crippen molar-refractivity contribution in [2.24, 2.45) is 5.92 Å². The predicted molar refractivity (Wildman–Crippen MR) is 78.3 cm³/mol. The van der Waals surface area contributed by atoms with Crippen molar-refractivity contribution in [3.63, 3.8) is 0 Å². The largest absolute Gasteiger partial charge is 0.377 e. The Labute approximate surface area is 122 Å². The van der Waals surface area contributed by atoms with Gasteiger partial charge in [0.25, 0.3) is 0 Å². The first-order chi connectivity index (χ1) is 9.59. The Morgan fingerprint density at radius 3 is 2.70 bits per heavy atom. The number of methoxy groups -OCH3 is 1. The van der Waals surface area contributed by atoms with Crippen LogP contribution in [-0.4, -0.2) is 48.8 Å². The number of hydrogen-bond donors (Lipinski definition) is 1. The van der Waals surface area contributed by atoms with Gasteiger partial charge in [-0.2, -0.15) is 5.26 Å². The monoisotopic (exact) mass is 277 g/mol. The maximum atomic E-state index is 9.81. The highest BCUT2D eigenvalue weighted by Gasteiger charge is 2.49. The van der Waals surface area contributed by atoms with E-state index in [0.717, 1.165) is 26.1 Å². The molecule has 3 fully saturated rings. The van der Waals surface area contributed by atoms with Crippen LogP contribution in [0.2, 0.25) is 0 Å². The number of likely N-dealkylation sites (tertiary alicyclic amines) is 1. The molecule has 2 atom stereocenters. The van der Waals surface area contributed by atoms with E-state index in [4.69, 9.17) is 4.74 Å². The molecule has 0 spiro atoms. The first kappa shape index (κ1) is 14.3. The lowest BCUT2D eigenvalue weighted by atomic mass is 9.89. The summed E-state index contributed by atoms with van der Waals surface area (Å²) in [5, 5.41) is 13.5. The Balaban J connectivity index is 1.67. The van der Waals surface area contributed by atoms with Crippen LogP contribution in [0.5, 0.6) is 0 Å². The minimum atomic E-state index is -0.312. The van der Waals surface area contributed by atoms with Gasteiger partial charge in [-0.15, -0.1) is 0 Å². The fraction of sp³-hybridized carbons (Fsp3) is 0.938. The van der Waals surface area contributed by atoms with Gasteiger partial charge >= 0.3 is 0 Å². The Morgan fingerprint density at radius 1 is 1.40 bits per heavy atom. The lowest BCUT2D eigenvalue weighted by molar-refractivity contribution is -0.0550. The van der Waals surface area contributed by atoms with Crippen LogP contribution in [0.1, 0.15) is 45.4 Å². The van der Waals surface area contributed by atoms with E-state index in [-0.39, 0.29) is 11.1 Å². The van der Waals surface area contributed by atoms with Crippen molar-refractivity contribution in [1.82, 2.24) is 10.2 Å². The van der Waals surface area contributed by atoms with E-state index in [9.17, 15) is 5.26 Å². The maximum absolute atomic E-state index is 9.81. The molecule has 2 saturated carbocycles. The van der Waals surface area contributed by atoms with Gasteiger partial charge < -0.3 is 4.74 Å². The number of nitriles is 1. The summed E-state index contributed by atoms with van der Waals surface area (Å²) in [5.74, 6) is 0.559. The quantitative estimate of drug-likeness (QED) is 0.806. The second kappa shape index (κ2) is 5.29. The molecule has 0 radical (unpaired) electrons. The van der Waals surface area contributed by atoms with Crippen LogP contribution in [-0.2, 0) is 4.74 Å². The molecule has 3 aliphatic rings. The van der Waals surface area contributed by atoms with Crippen molar-refractivity contribution in [2.45, 2.75) is 62.6 Å². The Kier molecular flexibility index (Phi) is 3.79. The van der Waals surface area contributed by atoms with E-state index >= 15 is 0 Å². The van der Waals surface area contributed by atoms with E-state index in [2.05, 4.69) is 23.2 Å². The van der Waals surface area contributed by atoms with Crippen molar-refractivity contribution in [3.8, 4) is 6.07 Å². The van der Waals surface area contributed by atoms with Crippen LogP contribution in [0, 0.1) is 17.2 Å².